The van der Waals surface area contributed by atoms with Gasteiger partial charge in [0.05, 0.1) is 6.54 Å². The molecule has 1 N–H and O–H groups in total. The first-order valence-electron chi connectivity index (χ1n) is 8.25. The van der Waals surface area contributed by atoms with Gasteiger partial charge in [0.1, 0.15) is 6.61 Å². The van der Waals surface area contributed by atoms with Crippen molar-refractivity contribution in [2.24, 2.45) is 0 Å². The number of nitrogens with zero attached hydrogens (tertiary/aromatic N) is 2. The molecule has 0 saturated heterocycles. The normalized spacial score (nSPS) is 15.5. The van der Waals surface area contributed by atoms with E-state index in [-0.39, 0.29) is 19.1 Å². The fraction of sp³-hybridized carbons (Fsp3) is 0.211. The Labute approximate surface area is 149 Å². The van der Waals surface area contributed by atoms with E-state index in [1.54, 1.807) is 12.1 Å². The molecule has 2 aromatic carbocycles. The molecule has 1 aliphatic heterocycles. The number of ether oxygens (including phenoxy) is 2. The summed E-state index contributed by atoms with van der Waals surface area (Å²) in [4.78, 5) is 16.6. The number of aromatic nitrogens is 2. The first-order valence-corrected chi connectivity index (χ1v) is 8.25. The Hall–Kier alpha value is -3.35. The van der Waals surface area contributed by atoms with Crippen molar-refractivity contribution in [1.82, 2.24) is 15.5 Å². The molecule has 132 valence electrons. The summed E-state index contributed by atoms with van der Waals surface area (Å²) in [6.45, 7) is 2.27. The van der Waals surface area contributed by atoms with Crippen LogP contribution in [0.5, 0.6) is 11.5 Å². The van der Waals surface area contributed by atoms with Gasteiger partial charge < -0.3 is 19.3 Å². The van der Waals surface area contributed by atoms with E-state index < -0.39 is 6.10 Å². The third-order valence-corrected chi connectivity index (χ3v) is 3.96. The second-order valence-electron chi connectivity index (χ2n) is 5.96. The number of aryl methyl sites for hydroxylation is 1. The van der Waals surface area contributed by atoms with Crippen LogP contribution in [0.25, 0.3) is 11.4 Å². The largest absolute Gasteiger partial charge is 0.485 e. The van der Waals surface area contributed by atoms with E-state index in [1.165, 1.54) is 0 Å². The lowest BCUT2D eigenvalue weighted by Crippen LogP contribution is -2.43. The number of hydrogen-bond donors (Lipinski definition) is 1. The summed E-state index contributed by atoms with van der Waals surface area (Å²) in [6.07, 6.45) is -0.718. The van der Waals surface area contributed by atoms with Gasteiger partial charge >= 0.3 is 0 Å². The minimum Gasteiger partial charge on any atom is -0.485 e. The van der Waals surface area contributed by atoms with Crippen molar-refractivity contribution in [3.63, 3.8) is 0 Å². The van der Waals surface area contributed by atoms with Crippen LogP contribution in [0.15, 0.2) is 53.1 Å². The van der Waals surface area contributed by atoms with Crippen molar-refractivity contribution in [1.29, 1.82) is 0 Å². The van der Waals surface area contributed by atoms with E-state index in [2.05, 4.69) is 15.5 Å². The van der Waals surface area contributed by atoms with Crippen LogP contribution in [0.4, 0.5) is 0 Å². The Bertz CT molecular complexity index is 938. The van der Waals surface area contributed by atoms with Crippen molar-refractivity contribution >= 4 is 5.91 Å². The second kappa shape index (κ2) is 6.87. The molecule has 7 nitrogen and oxygen atoms in total. The molecule has 1 atom stereocenters. The van der Waals surface area contributed by atoms with Crippen LogP contribution in [0.1, 0.15) is 11.5 Å². The van der Waals surface area contributed by atoms with Crippen LogP contribution in [-0.2, 0) is 11.3 Å². The number of rotatable bonds is 4. The van der Waals surface area contributed by atoms with Gasteiger partial charge in [-0.05, 0) is 25.1 Å². The molecule has 0 aliphatic carbocycles. The summed E-state index contributed by atoms with van der Waals surface area (Å²) in [5.41, 5.74) is 1.98. The summed E-state index contributed by atoms with van der Waals surface area (Å²) in [5, 5.41) is 6.69. The predicted octanol–water partition coefficient (Wildman–Crippen LogP) is 2.50. The Morgan fingerprint density at radius 2 is 2.04 bits per heavy atom. The summed E-state index contributed by atoms with van der Waals surface area (Å²) in [7, 11) is 0. The molecule has 0 unspecified atom stereocenters. The Morgan fingerprint density at radius 3 is 2.88 bits per heavy atom. The zero-order chi connectivity index (χ0) is 17.9. The third-order valence-electron chi connectivity index (χ3n) is 3.96. The molecule has 26 heavy (non-hydrogen) atoms. The Balaban J connectivity index is 1.37. The number of amides is 1. The Kier molecular flexibility index (Phi) is 4.27. The number of carbonyl (C=O) groups is 1. The maximum Gasteiger partial charge on any atom is 0.265 e. The van der Waals surface area contributed by atoms with E-state index >= 15 is 0 Å². The highest BCUT2D eigenvalue weighted by Crippen LogP contribution is 2.30. The van der Waals surface area contributed by atoms with E-state index in [0.717, 1.165) is 11.1 Å². The average Bonchev–Trinajstić information content (AvgIpc) is 3.15. The van der Waals surface area contributed by atoms with Crippen molar-refractivity contribution < 1.29 is 18.8 Å². The lowest BCUT2D eigenvalue weighted by Gasteiger charge is -2.25. The summed E-state index contributed by atoms with van der Waals surface area (Å²) >= 11 is 0. The molecule has 7 heteroatoms. The van der Waals surface area contributed by atoms with Crippen LogP contribution in [0.2, 0.25) is 0 Å². The topological polar surface area (TPSA) is 86.5 Å². The molecule has 3 aromatic rings. The van der Waals surface area contributed by atoms with Gasteiger partial charge in [-0.3, -0.25) is 4.79 Å². The van der Waals surface area contributed by atoms with E-state index in [0.29, 0.717) is 23.2 Å². The van der Waals surface area contributed by atoms with Crippen LogP contribution < -0.4 is 14.8 Å². The van der Waals surface area contributed by atoms with Crippen LogP contribution >= 0.6 is 0 Å². The highest BCUT2D eigenvalue weighted by Gasteiger charge is 2.27. The monoisotopic (exact) mass is 351 g/mol. The maximum absolute atomic E-state index is 12.3. The minimum atomic E-state index is -0.718. The smallest absolute Gasteiger partial charge is 0.265 e. The molecule has 0 saturated carbocycles. The van der Waals surface area contributed by atoms with Gasteiger partial charge in [-0.15, -0.1) is 0 Å². The molecular weight excluding hydrogens is 334 g/mol. The molecular formula is C19H17N3O4. The number of benzene rings is 2. The highest BCUT2D eigenvalue weighted by molar-refractivity contribution is 5.81. The molecule has 2 heterocycles. The molecule has 1 aromatic heterocycles. The van der Waals surface area contributed by atoms with Crippen molar-refractivity contribution in [3.05, 3.63) is 60.0 Å². The standard InChI is InChI=1S/C19H17N3O4/c1-12-5-4-6-13(9-12)18-21-17(26-22-18)10-20-19(23)16-11-24-14-7-2-3-8-15(14)25-16/h2-9,16H,10-11H2,1H3,(H,20,23)/t16-/m0/s1. The van der Waals surface area contributed by atoms with Gasteiger partial charge in [-0.2, -0.15) is 4.98 Å². The lowest BCUT2D eigenvalue weighted by atomic mass is 10.1. The van der Waals surface area contributed by atoms with Crippen molar-refractivity contribution in [3.8, 4) is 22.9 Å². The number of fused-ring (bicyclic) bond motifs is 1. The van der Waals surface area contributed by atoms with Crippen LogP contribution in [0, 0.1) is 6.92 Å². The fourth-order valence-corrected chi connectivity index (χ4v) is 2.65. The van der Waals surface area contributed by atoms with Gasteiger partial charge in [0.2, 0.25) is 17.8 Å². The van der Waals surface area contributed by atoms with E-state index in [1.807, 2.05) is 43.3 Å². The van der Waals surface area contributed by atoms with Gasteiger partial charge in [0.25, 0.3) is 5.91 Å². The van der Waals surface area contributed by atoms with Gasteiger partial charge in [0.15, 0.2) is 11.5 Å². The number of carbonyl (C=O) groups excluding carboxylic acids is 1. The second-order valence-corrected chi connectivity index (χ2v) is 5.96. The minimum absolute atomic E-state index is 0.124. The summed E-state index contributed by atoms with van der Waals surface area (Å²) in [5.74, 6) is 1.71. The van der Waals surface area contributed by atoms with Crippen LogP contribution in [-0.4, -0.2) is 28.8 Å². The number of nitrogens with one attached hydrogen (secondary N) is 1. The molecule has 4 rings (SSSR count). The summed E-state index contributed by atoms with van der Waals surface area (Å²) < 4.78 is 16.4. The van der Waals surface area contributed by atoms with Gasteiger partial charge in [-0.25, -0.2) is 0 Å². The number of hydrogen-bond acceptors (Lipinski definition) is 6. The molecule has 0 fully saturated rings. The Morgan fingerprint density at radius 1 is 1.19 bits per heavy atom. The first-order chi connectivity index (χ1) is 12.7. The average molecular weight is 351 g/mol. The van der Waals surface area contributed by atoms with E-state index in [9.17, 15) is 4.79 Å². The SMILES string of the molecule is Cc1cccc(-c2noc(CNC(=O)[C@@H]3COc4ccccc4O3)n2)c1. The molecule has 0 radical (unpaired) electrons. The first kappa shape index (κ1) is 16.1. The summed E-state index contributed by atoms with van der Waals surface area (Å²) in [6, 6.07) is 15.0. The van der Waals surface area contributed by atoms with E-state index in [4.69, 9.17) is 14.0 Å². The fourth-order valence-electron chi connectivity index (χ4n) is 2.65. The molecule has 0 bridgehead atoms. The highest BCUT2D eigenvalue weighted by atomic mass is 16.6. The maximum atomic E-state index is 12.3. The van der Waals surface area contributed by atoms with Gasteiger partial charge in [0, 0.05) is 5.56 Å². The van der Waals surface area contributed by atoms with Crippen molar-refractivity contribution in [2.45, 2.75) is 19.6 Å². The quantitative estimate of drug-likeness (QED) is 0.777. The zero-order valence-corrected chi connectivity index (χ0v) is 14.1. The van der Waals surface area contributed by atoms with Gasteiger partial charge in [-0.1, -0.05) is 41.1 Å². The van der Waals surface area contributed by atoms with Crippen LogP contribution in [0.3, 0.4) is 0 Å². The number of para-hydroxylation sites is 2. The molecule has 1 aliphatic rings. The third kappa shape index (κ3) is 3.37. The predicted molar refractivity (Wildman–Crippen MR) is 92.7 cm³/mol. The van der Waals surface area contributed by atoms with Crippen molar-refractivity contribution in [2.75, 3.05) is 6.61 Å². The lowest BCUT2D eigenvalue weighted by molar-refractivity contribution is -0.130. The molecule has 0 spiro atoms. The zero-order valence-electron chi connectivity index (χ0n) is 14.1. The molecule has 1 amide bonds.